The first-order chi connectivity index (χ1) is 11.6. The van der Waals surface area contributed by atoms with Crippen molar-refractivity contribution in [2.45, 2.75) is 19.8 Å². The Morgan fingerprint density at radius 2 is 1.46 bits per heavy atom. The Balaban J connectivity index is 1.68. The molecule has 3 heterocycles. The molecule has 0 spiro atoms. The molecule has 0 atom stereocenters. The van der Waals surface area contributed by atoms with Crippen LogP contribution in [0.15, 0.2) is 18.3 Å². The molecule has 2 fully saturated rings. The summed E-state index contributed by atoms with van der Waals surface area (Å²) in [4.78, 5) is 45.8. The Bertz CT molecular complexity index is 647. The van der Waals surface area contributed by atoms with Gasteiger partial charge < -0.3 is 14.7 Å². The Morgan fingerprint density at radius 3 is 2.08 bits per heavy atom. The zero-order chi connectivity index (χ0) is 17.1. The second-order valence-electron chi connectivity index (χ2n) is 6.23. The third-order valence-corrected chi connectivity index (χ3v) is 4.63. The minimum absolute atomic E-state index is 0.0263. The minimum Gasteiger partial charge on any atom is -0.339 e. The lowest BCUT2D eigenvalue weighted by Crippen LogP contribution is -2.50. The molecular formula is C17H22N4O3. The van der Waals surface area contributed by atoms with Crippen molar-refractivity contribution < 1.29 is 14.4 Å². The number of hydrogen-bond acceptors (Lipinski definition) is 4. The van der Waals surface area contributed by atoms with E-state index in [4.69, 9.17) is 0 Å². The van der Waals surface area contributed by atoms with Gasteiger partial charge in [-0.15, -0.1) is 0 Å². The fourth-order valence-electron chi connectivity index (χ4n) is 3.17. The number of aromatic nitrogens is 1. The zero-order valence-electron chi connectivity index (χ0n) is 13.9. The van der Waals surface area contributed by atoms with Crippen LogP contribution in [-0.2, 0) is 4.79 Å². The average Bonchev–Trinajstić information content (AvgIpc) is 3.15. The van der Waals surface area contributed by atoms with E-state index in [1.807, 2.05) is 4.90 Å². The number of pyridine rings is 1. The van der Waals surface area contributed by atoms with E-state index in [2.05, 4.69) is 4.98 Å². The van der Waals surface area contributed by atoms with E-state index in [1.54, 1.807) is 21.9 Å². The van der Waals surface area contributed by atoms with Gasteiger partial charge in [-0.25, -0.2) is 0 Å². The summed E-state index contributed by atoms with van der Waals surface area (Å²) in [6, 6.07) is 3.24. The third-order valence-electron chi connectivity index (χ3n) is 4.63. The molecule has 3 amide bonds. The number of carbonyl (C=O) groups excluding carboxylic acids is 3. The van der Waals surface area contributed by atoms with Gasteiger partial charge in [0.05, 0.1) is 0 Å². The summed E-state index contributed by atoms with van der Waals surface area (Å²) in [6.45, 7) is 5.14. The number of carbonyl (C=O) groups is 3. The monoisotopic (exact) mass is 330 g/mol. The SMILES string of the molecule is CC(=O)N1CCN(C(=O)c2cc(C(=O)N3CCCC3)ccn2)CC1. The van der Waals surface area contributed by atoms with Crippen molar-refractivity contribution >= 4 is 17.7 Å². The van der Waals surface area contributed by atoms with Crippen LogP contribution in [0, 0.1) is 0 Å². The number of piperazine rings is 1. The first-order valence-electron chi connectivity index (χ1n) is 8.36. The van der Waals surface area contributed by atoms with Crippen LogP contribution in [0.2, 0.25) is 0 Å². The highest BCUT2D eigenvalue weighted by Crippen LogP contribution is 2.14. The number of rotatable bonds is 2. The summed E-state index contributed by atoms with van der Waals surface area (Å²) in [6.07, 6.45) is 3.58. The number of hydrogen-bond donors (Lipinski definition) is 0. The molecule has 7 heteroatoms. The molecule has 0 radical (unpaired) electrons. The van der Waals surface area contributed by atoms with Crippen LogP contribution < -0.4 is 0 Å². The molecule has 0 bridgehead atoms. The lowest BCUT2D eigenvalue weighted by atomic mass is 10.2. The smallest absolute Gasteiger partial charge is 0.272 e. The number of likely N-dealkylation sites (tertiary alicyclic amines) is 1. The second kappa shape index (κ2) is 6.98. The lowest BCUT2D eigenvalue weighted by Gasteiger charge is -2.34. The first-order valence-corrected chi connectivity index (χ1v) is 8.36. The predicted molar refractivity (Wildman–Crippen MR) is 87.5 cm³/mol. The largest absolute Gasteiger partial charge is 0.339 e. The van der Waals surface area contributed by atoms with E-state index in [9.17, 15) is 14.4 Å². The normalized spacial score (nSPS) is 18.0. The fraction of sp³-hybridized carbons (Fsp3) is 0.529. The van der Waals surface area contributed by atoms with E-state index in [0.717, 1.165) is 25.9 Å². The summed E-state index contributed by atoms with van der Waals surface area (Å²) in [7, 11) is 0. The first kappa shape index (κ1) is 16.4. The van der Waals surface area contributed by atoms with Crippen LogP contribution in [-0.4, -0.2) is 76.7 Å². The highest BCUT2D eigenvalue weighted by molar-refractivity contribution is 5.98. The van der Waals surface area contributed by atoms with E-state index < -0.39 is 0 Å². The minimum atomic E-state index is -0.186. The van der Waals surface area contributed by atoms with Crippen LogP contribution in [0.4, 0.5) is 0 Å². The molecule has 0 saturated carbocycles. The molecule has 24 heavy (non-hydrogen) atoms. The van der Waals surface area contributed by atoms with Crippen LogP contribution in [0.25, 0.3) is 0 Å². The Morgan fingerprint density at radius 1 is 0.875 bits per heavy atom. The molecule has 0 N–H and O–H groups in total. The Kier molecular flexibility index (Phi) is 4.78. The van der Waals surface area contributed by atoms with Gasteiger partial charge in [0.1, 0.15) is 5.69 Å². The van der Waals surface area contributed by atoms with Crippen LogP contribution in [0.3, 0.4) is 0 Å². The van der Waals surface area contributed by atoms with Crippen molar-refractivity contribution in [3.05, 3.63) is 29.6 Å². The van der Waals surface area contributed by atoms with Gasteiger partial charge in [-0.05, 0) is 25.0 Å². The molecular weight excluding hydrogens is 308 g/mol. The van der Waals surface area contributed by atoms with Gasteiger partial charge >= 0.3 is 0 Å². The van der Waals surface area contributed by atoms with Crippen LogP contribution in [0.5, 0.6) is 0 Å². The van der Waals surface area contributed by atoms with E-state index in [1.165, 1.54) is 13.1 Å². The molecule has 1 aromatic rings. The molecule has 3 rings (SSSR count). The van der Waals surface area contributed by atoms with Gasteiger partial charge in [-0.3, -0.25) is 19.4 Å². The van der Waals surface area contributed by atoms with Gasteiger partial charge in [-0.2, -0.15) is 0 Å². The summed E-state index contributed by atoms with van der Waals surface area (Å²) < 4.78 is 0. The predicted octanol–water partition coefficient (Wildman–Crippen LogP) is 0.622. The molecule has 2 saturated heterocycles. The highest BCUT2D eigenvalue weighted by atomic mass is 16.2. The highest BCUT2D eigenvalue weighted by Gasteiger charge is 2.25. The zero-order valence-corrected chi connectivity index (χ0v) is 13.9. The molecule has 0 aliphatic carbocycles. The van der Waals surface area contributed by atoms with Crippen molar-refractivity contribution in [1.82, 2.24) is 19.7 Å². The average molecular weight is 330 g/mol. The number of amides is 3. The molecule has 2 aliphatic heterocycles. The van der Waals surface area contributed by atoms with Crippen molar-refractivity contribution in [1.29, 1.82) is 0 Å². The van der Waals surface area contributed by atoms with Crippen LogP contribution >= 0.6 is 0 Å². The fourth-order valence-corrected chi connectivity index (χ4v) is 3.17. The van der Waals surface area contributed by atoms with Crippen molar-refractivity contribution in [3.8, 4) is 0 Å². The maximum Gasteiger partial charge on any atom is 0.272 e. The molecule has 2 aliphatic rings. The number of nitrogens with zero attached hydrogens (tertiary/aromatic N) is 4. The maximum atomic E-state index is 12.6. The molecule has 0 unspecified atom stereocenters. The summed E-state index contributed by atoms with van der Waals surface area (Å²) in [5.74, 6) is -0.196. The molecule has 1 aromatic heterocycles. The Labute approximate surface area is 141 Å². The van der Waals surface area contributed by atoms with E-state index >= 15 is 0 Å². The third kappa shape index (κ3) is 3.39. The molecule has 128 valence electrons. The van der Waals surface area contributed by atoms with Crippen molar-refractivity contribution in [2.75, 3.05) is 39.3 Å². The second-order valence-corrected chi connectivity index (χ2v) is 6.23. The topological polar surface area (TPSA) is 73.8 Å². The van der Waals surface area contributed by atoms with Gasteiger partial charge in [0, 0.05) is 58.0 Å². The van der Waals surface area contributed by atoms with Gasteiger partial charge in [0.15, 0.2) is 0 Å². The maximum absolute atomic E-state index is 12.6. The standard InChI is InChI=1S/C17H22N4O3/c1-13(22)19-8-10-21(11-9-19)17(24)15-12-14(4-5-18-15)16(23)20-6-2-3-7-20/h4-5,12H,2-3,6-11H2,1H3. The summed E-state index contributed by atoms with van der Waals surface area (Å²) >= 11 is 0. The van der Waals surface area contributed by atoms with Gasteiger partial charge in [0.25, 0.3) is 11.8 Å². The van der Waals surface area contributed by atoms with Crippen molar-refractivity contribution in [3.63, 3.8) is 0 Å². The Hall–Kier alpha value is -2.44. The van der Waals surface area contributed by atoms with Crippen molar-refractivity contribution in [2.24, 2.45) is 0 Å². The van der Waals surface area contributed by atoms with Crippen LogP contribution in [0.1, 0.15) is 40.6 Å². The molecule has 7 nitrogen and oxygen atoms in total. The molecule has 0 aromatic carbocycles. The quantitative estimate of drug-likeness (QED) is 0.797. The van der Waals surface area contributed by atoms with E-state index in [-0.39, 0.29) is 23.4 Å². The summed E-state index contributed by atoms with van der Waals surface area (Å²) in [5, 5.41) is 0. The van der Waals surface area contributed by atoms with Gasteiger partial charge in [0.2, 0.25) is 5.91 Å². The summed E-state index contributed by atoms with van der Waals surface area (Å²) in [5.41, 5.74) is 0.800. The lowest BCUT2D eigenvalue weighted by molar-refractivity contribution is -0.130. The van der Waals surface area contributed by atoms with E-state index in [0.29, 0.717) is 31.7 Å². The van der Waals surface area contributed by atoms with Gasteiger partial charge in [-0.1, -0.05) is 0 Å².